The molecule has 40 heavy (non-hydrogen) atoms. The predicted molar refractivity (Wildman–Crippen MR) is 178 cm³/mol. The molecule has 0 fully saturated rings. The molecule has 4 heteroatoms. The molecule has 0 saturated heterocycles. The molecular weight excluding hydrogens is 623 g/mol. The second-order valence-corrected chi connectivity index (χ2v) is 15.1. The van der Waals surface area contributed by atoms with Gasteiger partial charge in [-0.25, -0.2) is 0 Å². The van der Waals surface area contributed by atoms with Gasteiger partial charge in [0, 0.05) is 9.52 Å². The molecule has 0 heterocycles. The van der Waals surface area contributed by atoms with Crippen LogP contribution < -0.4 is 0 Å². The van der Waals surface area contributed by atoms with Gasteiger partial charge >= 0.3 is 37.9 Å². The summed E-state index contributed by atoms with van der Waals surface area (Å²) >= 11 is -0.826. The molecule has 0 amide bonds. The molecule has 0 bridgehead atoms. The van der Waals surface area contributed by atoms with Crippen molar-refractivity contribution in [2.45, 2.75) is 39.8 Å². The Labute approximate surface area is 261 Å². The summed E-state index contributed by atoms with van der Waals surface area (Å²) in [6.07, 6.45) is 0. The van der Waals surface area contributed by atoms with Gasteiger partial charge in [-0.05, 0) is 11.1 Å². The van der Waals surface area contributed by atoms with Gasteiger partial charge in [0.15, 0.2) is 0 Å². The Hall–Kier alpha value is -2.22. The van der Waals surface area contributed by atoms with Gasteiger partial charge in [0.25, 0.3) is 0 Å². The minimum atomic E-state index is -0.826. The summed E-state index contributed by atoms with van der Waals surface area (Å²) in [4.78, 5) is 0. The molecule has 6 aromatic rings. The van der Waals surface area contributed by atoms with Crippen molar-refractivity contribution in [2.24, 2.45) is 0 Å². The van der Waals surface area contributed by atoms with Crippen LogP contribution >= 0.6 is 17.0 Å². The van der Waals surface area contributed by atoms with E-state index in [4.69, 9.17) is 17.0 Å². The molecule has 0 spiro atoms. The topological polar surface area (TPSA) is 0 Å². The van der Waals surface area contributed by atoms with Crippen molar-refractivity contribution in [3.8, 4) is 22.3 Å². The van der Waals surface area contributed by atoms with Gasteiger partial charge < -0.3 is 0 Å². The van der Waals surface area contributed by atoms with Crippen LogP contribution in [0.2, 0.25) is 12.1 Å². The van der Waals surface area contributed by atoms with Crippen molar-refractivity contribution < 1.29 is 20.8 Å². The second kappa shape index (κ2) is 17.6. The zero-order valence-corrected chi connectivity index (χ0v) is 28.7. The van der Waals surface area contributed by atoms with Crippen molar-refractivity contribution in [1.82, 2.24) is 0 Å². The van der Waals surface area contributed by atoms with E-state index in [0.717, 1.165) is 0 Å². The van der Waals surface area contributed by atoms with Crippen LogP contribution in [0.1, 0.15) is 25.0 Å². The average Bonchev–Trinajstić information content (AvgIpc) is 3.56. The summed E-state index contributed by atoms with van der Waals surface area (Å²) in [7, 11) is 11.1. The molecule has 0 aliphatic heterocycles. The van der Waals surface area contributed by atoms with Crippen LogP contribution in [0.3, 0.4) is 0 Å². The van der Waals surface area contributed by atoms with Crippen LogP contribution in [0.15, 0.2) is 121 Å². The molecule has 0 unspecified atom stereocenters. The van der Waals surface area contributed by atoms with E-state index < -0.39 is 20.8 Å². The van der Waals surface area contributed by atoms with Crippen LogP contribution in [0.5, 0.6) is 0 Å². The zero-order chi connectivity index (χ0) is 28.7. The maximum atomic E-state index is 4.93. The Kier molecular flexibility index (Phi) is 14.2. The molecule has 0 aliphatic rings. The van der Waals surface area contributed by atoms with Crippen LogP contribution in [0.25, 0.3) is 43.8 Å². The SMILES string of the molecule is CC[Si]CC.Cc1cc2c(-c3ccccc3)cccc2[cH-]1.Cc1cc2c(-c3ccccc3)cccc2[cH-]1.[Cl][Zr+2][Cl]. The van der Waals surface area contributed by atoms with E-state index in [1.807, 2.05) is 0 Å². The Morgan fingerprint density at radius 3 is 1.27 bits per heavy atom. The van der Waals surface area contributed by atoms with E-state index in [9.17, 15) is 0 Å². The van der Waals surface area contributed by atoms with Gasteiger partial charge in [-0.15, -0.1) is 69.1 Å². The van der Waals surface area contributed by atoms with Crippen molar-refractivity contribution >= 4 is 48.1 Å². The van der Waals surface area contributed by atoms with Gasteiger partial charge in [-0.2, -0.15) is 12.1 Å². The van der Waals surface area contributed by atoms with Gasteiger partial charge in [-0.1, -0.05) is 124 Å². The Bertz CT molecular complexity index is 1430. The zero-order valence-electron chi connectivity index (χ0n) is 23.7. The summed E-state index contributed by atoms with van der Waals surface area (Å²) in [6.45, 7) is 8.74. The van der Waals surface area contributed by atoms with Gasteiger partial charge in [-0.3, -0.25) is 0 Å². The fourth-order valence-electron chi connectivity index (χ4n) is 4.76. The summed E-state index contributed by atoms with van der Waals surface area (Å²) < 4.78 is 0. The Morgan fingerprint density at radius 1 is 0.575 bits per heavy atom. The monoisotopic (exact) mass is 656 g/mol. The fourth-order valence-corrected chi connectivity index (χ4v) is 5.26. The molecule has 0 aliphatic carbocycles. The number of hydrogen-bond donors (Lipinski definition) is 0. The van der Waals surface area contributed by atoms with Gasteiger partial charge in [0.2, 0.25) is 0 Å². The first kappa shape index (κ1) is 32.3. The first-order chi connectivity index (χ1) is 19.5. The van der Waals surface area contributed by atoms with Crippen LogP contribution in [0.4, 0.5) is 0 Å². The van der Waals surface area contributed by atoms with Crippen LogP contribution in [0, 0.1) is 13.8 Å². The molecular formula is C36H36Cl2SiZr. The van der Waals surface area contributed by atoms with E-state index >= 15 is 0 Å². The number of aryl methyl sites for hydroxylation is 2. The number of halogens is 2. The summed E-state index contributed by atoms with van der Waals surface area (Å²) in [5.41, 5.74) is 7.89. The first-order valence-corrected chi connectivity index (χ1v) is 21.4. The number of hydrogen-bond acceptors (Lipinski definition) is 0. The van der Waals surface area contributed by atoms with Crippen molar-refractivity contribution in [3.05, 3.63) is 132 Å². The van der Waals surface area contributed by atoms with Crippen LogP contribution in [-0.2, 0) is 20.8 Å². The summed E-state index contributed by atoms with van der Waals surface area (Å²) in [5, 5.41) is 5.37. The molecule has 0 atom stereocenters. The summed E-state index contributed by atoms with van der Waals surface area (Å²) in [6, 6.07) is 45.8. The average molecular weight is 659 g/mol. The van der Waals surface area contributed by atoms with E-state index in [1.54, 1.807) is 0 Å². The Balaban J connectivity index is 0.000000175. The fraction of sp³-hybridized carbons (Fsp3) is 0.167. The molecule has 0 N–H and O–H groups in total. The maximum absolute atomic E-state index is 4.93. The Morgan fingerprint density at radius 2 is 0.950 bits per heavy atom. The standard InChI is InChI=1S/2C16H13.C4H10Si.2ClH.Zr/c2*1-12-10-14-8-5-9-15(16(14)11-12)13-6-3-2-4-7-13;1-3-5-4-2;;;/h2*2-11H,1H3;3-4H2,1-2H3;2*1H;/q2*-1;;;;+4/p-2. The van der Waals surface area contributed by atoms with E-state index in [2.05, 4.69) is 149 Å². The third-order valence-corrected chi connectivity index (χ3v) is 7.46. The molecule has 0 saturated carbocycles. The third kappa shape index (κ3) is 9.42. The van der Waals surface area contributed by atoms with E-state index in [0.29, 0.717) is 0 Å². The number of rotatable bonds is 4. The van der Waals surface area contributed by atoms with Crippen molar-refractivity contribution in [2.75, 3.05) is 0 Å². The van der Waals surface area contributed by atoms with Gasteiger partial charge in [0.05, 0.1) is 0 Å². The molecule has 0 aromatic heterocycles. The predicted octanol–water partition coefficient (Wildman–Crippen LogP) is 12.0. The minimum absolute atomic E-state index is 0.826. The normalized spacial score (nSPS) is 9.95. The molecule has 6 rings (SSSR count). The van der Waals surface area contributed by atoms with E-state index in [1.165, 1.54) is 76.5 Å². The summed E-state index contributed by atoms with van der Waals surface area (Å²) in [5.74, 6) is 0. The van der Waals surface area contributed by atoms with E-state index in [-0.39, 0.29) is 0 Å². The molecule has 2 radical (unpaired) electrons. The molecule has 6 aromatic carbocycles. The second-order valence-electron chi connectivity index (χ2n) is 9.44. The quantitative estimate of drug-likeness (QED) is 0.131. The number of fused-ring (bicyclic) bond motifs is 2. The molecule has 202 valence electrons. The van der Waals surface area contributed by atoms with Crippen molar-refractivity contribution in [1.29, 1.82) is 0 Å². The molecule has 0 nitrogen and oxygen atoms in total. The first-order valence-electron chi connectivity index (χ1n) is 13.6. The van der Waals surface area contributed by atoms with Gasteiger partial charge in [0.1, 0.15) is 0 Å². The number of benzene rings is 4. The van der Waals surface area contributed by atoms with Crippen molar-refractivity contribution in [3.63, 3.8) is 0 Å². The third-order valence-electron chi connectivity index (χ3n) is 6.46. The van der Waals surface area contributed by atoms with Crippen LogP contribution in [-0.4, -0.2) is 9.52 Å².